The molecule has 1 aliphatic rings. The Hall–Kier alpha value is 2.07. The zero-order chi connectivity index (χ0) is 12.7. The minimum absolute atomic E-state index is 0.0770. The summed E-state index contributed by atoms with van der Waals surface area (Å²) in [6, 6.07) is 0. The highest BCUT2D eigenvalue weighted by Gasteiger charge is 2.52. The van der Waals surface area contributed by atoms with Crippen LogP contribution < -0.4 is 0 Å². The number of hydrogen-bond acceptors (Lipinski definition) is 1. The van der Waals surface area contributed by atoms with Gasteiger partial charge in [0.25, 0.3) is 0 Å². The van der Waals surface area contributed by atoms with Gasteiger partial charge >= 0.3 is 0 Å². The van der Waals surface area contributed by atoms with E-state index in [2.05, 4.69) is 86.6 Å². The Morgan fingerprint density at radius 3 is 2.44 bits per heavy atom. The third-order valence-corrected chi connectivity index (χ3v) is 9.86. The van der Waals surface area contributed by atoms with Crippen LogP contribution in [0.5, 0.6) is 0 Å². The van der Waals surface area contributed by atoms with Crippen molar-refractivity contribution in [2.45, 2.75) is 38.6 Å². The lowest BCUT2D eigenvalue weighted by Gasteiger charge is -2.44. The van der Waals surface area contributed by atoms with Crippen LogP contribution in [0.15, 0.2) is 0 Å². The lowest BCUT2D eigenvalue weighted by Crippen LogP contribution is -2.55. The van der Waals surface area contributed by atoms with Gasteiger partial charge in [0.05, 0.1) is 9.15 Å². The molecule has 1 nitrogen and oxygen atoms in total. The molecule has 1 rings (SSSR count). The van der Waals surface area contributed by atoms with E-state index in [0.29, 0.717) is 0 Å². The number of carbonyl (C=O) groups is 1. The van der Waals surface area contributed by atoms with Crippen LogP contribution >= 0.6 is 79.6 Å². The van der Waals surface area contributed by atoms with Crippen molar-refractivity contribution < 1.29 is 4.79 Å². The molecule has 0 spiro atoms. The van der Waals surface area contributed by atoms with E-state index in [9.17, 15) is 4.79 Å². The Bertz CT molecular complexity index is 289. The molecule has 1 aliphatic carbocycles. The summed E-state index contributed by atoms with van der Waals surface area (Å²) in [4.78, 5) is 12.3. The van der Waals surface area contributed by atoms with Gasteiger partial charge < -0.3 is 0 Å². The molecule has 0 saturated heterocycles. The number of hydrogen-bond donors (Lipinski definition) is 0. The van der Waals surface area contributed by atoms with E-state index in [1.807, 2.05) is 6.92 Å². The monoisotopic (exact) mass is 544 g/mol. The summed E-state index contributed by atoms with van der Waals surface area (Å²) in [7, 11) is 0. The number of rotatable bonds is 2. The molecular weight excluding hydrogens is 536 g/mol. The van der Waals surface area contributed by atoms with Gasteiger partial charge in [-0.1, -0.05) is 79.6 Å². The van der Waals surface area contributed by atoms with E-state index >= 15 is 0 Å². The van der Waals surface area contributed by atoms with Crippen molar-refractivity contribution in [2.75, 3.05) is 5.33 Å². The van der Waals surface area contributed by atoms with Crippen molar-refractivity contribution in [2.24, 2.45) is 5.92 Å². The molecule has 16 heavy (non-hydrogen) atoms. The molecule has 94 valence electrons. The second-order valence-electron chi connectivity index (χ2n) is 4.56. The van der Waals surface area contributed by atoms with Crippen LogP contribution in [0.2, 0.25) is 0 Å². The summed E-state index contributed by atoms with van der Waals surface area (Å²) >= 11 is 17.9. The molecule has 6 heteroatoms. The van der Waals surface area contributed by atoms with Crippen LogP contribution in [0.3, 0.4) is 0 Å². The fraction of sp³-hybridized carbons (Fsp3) is 0.900. The van der Waals surface area contributed by atoms with Crippen LogP contribution in [0.25, 0.3) is 0 Å². The predicted octanol–water partition coefficient (Wildman–Crippen LogP) is 4.80. The van der Waals surface area contributed by atoms with Crippen LogP contribution in [-0.2, 0) is 4.79 Å². The lowest BCUT2D eigenvalue weighted by molar-refractivity contribution is -0.122. The highest BCUT2D eigenvalue weighted by Crippen LogP contribution is 2.48. The molecule has 1 saturated carbocycles. The maximum Gasteiger partial charge on any atom is 0.164 e. The molecule has 0 aromatic rings. The minimum atomic E-state index is -0.479. The SMILES string of the molecule is C[C@@](Br)(CBr)[C@@H]1C[C@@H](Br)[C@](C)(Br)C(=O)[C@H]1Br. The Morgan fingerprint density at radius 2 is 2.00 bits per heavy atom. The van der Waals surface area contributed by atoms with E-state index in [-0.39, 0.29) is 25.7 Å². The van der Waals surface area contributed by atoms with Crippen LogP contribution in [0.4, 0.5) is 0 Å². The van der Waals surface area contributed by atoms with E-state index < -0.39 is 4.32 Å². The molecule has 0 N–H and O–H groups in total. The smallest absolute Gasteiger partial charge is 0.164 e. The molecule has 5 atom stereocenters. The standard InChI is InChI=1S/C10H13Br5O/c1-9(14,4-11)5-3-6(12)10(2,15)8(16)7(5)13/h5-7H,3-4H2,1-2H3/t5-,6-,7+,9-,10+/m1/s1. The number of alkyl halides is 5. The topological polar surface area (TPSA) is 17.1 Å². The molecule has 0 heterocycles. The van der Waals surface area contributed by atoms with Gasteiger partial charge in [0.1, 0.15) is 0 Å². The minimum Gasteiger partial charge on any atom is -0.297 e. The van der Waals surface area contributed by atoms with Crippen molar-refractivity contribution in [1.82, 2.24) is 0 Å². The fourth-order valence-corrected chi connectivity index (χ4v) is 5.69. The Morgan fingerprint density at radius 1 is 1.50 bits per heavy atom. The molecule has 0 unspecified atom stereocenters. The Kier molecular flexibility index (Phi) is 5.64. The van der Waals surface area contributed by atoms with Gasteiger partial charge in [0.15, 0.2) is 5.78 Å². The fourth-order valence-electron chi connectivity index (χ4n) is 1.82. The first-order chi connectivity index (χ1) is 7.14. The van der Waals surface area contributed by atoms with Gasteiger partial charge in [0.2, 0.25) is 0 Å². The van der Waals surface area contributed by atoms with Gasteiger partial charge in [-0.15, -0.1) is 0 Å². The number of Topliss-reactive ketones (excluding diaryl/α,β-unsaturated/α-hetero) is 1. The third kappa shape index (κ3) is 2.97. The summed E-state index contributed by atoms with van der Waals surface area (Å²) in [5, 5.41) is 0.818. The van der Waals surface area contributed by atoms with Gasteiger partial charge in [-0.3, -0.25) is 4.79 Å². The molecule has 1 fully saturated rings. The zero-order valence-corrected chi connectivity index (χ0v) is 16.9. The van der Waals surface area contributed by atoms with Crippen molar-refractivity contribution in [3.63, 3.8) is 0 Å². The largest absolute Gasteiger partial charge is 0.297 e. The van der Waals surface area contributed by atoms with Gasteiger partial charge in [-0.25, -0.2) is 0 Å². The molecule has 0 radical (unpaired) electrons. The van der Waals surface area contributed by atoms with E-state index in [0.717, 1.165) is 11.8 Å². The second-order valence-corrected chi connectivity index (χ2v) is 10.7. The third-order valence-electron chi connectivity index (χ3n) is 3.17. The Labute approximate surface area is 139 Å². The van der Waals surface area contributed by atoms with Crippen molar-refractivity contribution >= 4 is 85.4 Å². The maximum atomic E-state index is 12.3. The predicted molar refractivity (Wildman–Crippen MR) is 87.0 cm³/mol. The van der Waals surface area contributed by atoms with Crippen molar-refractivity contribution in [3.8, 4) is 0 Å². The lowest BCUT2D eigenvalue weighted by atomic mass is 9.76. The van der Waals surface area contributed by atoms with Crippen LogP contribution in [-0.4, -0.2) is 29.4 Å². The number of halogens is 5. The second kappa shape index (κ2) is 5.59. The first-order valence-corrected chi connectivity index (χ1v) is 9.44. The quantitative estimate of drug-likeness (QED) is 0.453. The number of carbonyl (C=O) groups excluding carboxylic acids is 1. The van der Waals surface area contributed by atoms with Gasteiger partial charge in [-0.2, -0.15) is 0 Å². The Balaban J connectivity index is 2.99. The summed E-state index contributed by atoms with van der Waals surface area (Å²) in [5.41, 5.74) is 0. The maximum absolute atomic E-state index is 12.3. The molecule has 0 amide bonds. The molecule has 0 aromatic carbocycles. The first-order valence-electron chi connectivity index (χ1n) is 4.91. The average molecular weight is 549 g/mol. The van der Waals surface area contributed by atoms with Crippen LogP contribution in [0, 0.1) is 5.92 Å². The molecule has 0 aromatic heterocycles. The van der Waals surface area contributed by atoms with E-state index in [1.165, 1.54) is 0 Å². The molecule has 0 aliphatic heterocycles. The van der Waals surface area contributed by atoms with Crippen LogP contribution in [0.1, 0.15) is 20.3 Å². The summed E-state index contributed by atoms with van der Waals surface area (Å²) in [6.07, 6.45) is 0.941. The normalized spacial score (nSPS) is 44.2. The molecular formula is C10H13Br5O. The molecule has 0 bridgehead atoms. The summed E-state index contributed by atoms with van der Waals surface area (Å²) in [6.45, 7) is 4.05. The van der Waals surface area contributed by atoms with Crippen molar-refractivity contribution in [3.05, 3.63) is 0 Å². The zero-order valence-electron chi connectivity index (χ0n) is 8.94. The van der Waals surface area contributed by atoms with E-state index in [1.54, 1.807) is 0 Å². The van der Waals surface area contributed by atoms with E-state index in [4.69, 9.17) is 0 Å². The van der Waals surface area contributed by atoms with Gasteiger partial charge in [-0.05, 0) is 26.2 Å². The highest BCUT2D eigenvalue weighted by atomic mass is 79.9. The highest BCUT2D eigenvalue weighted by molar-refractivity contribution is 9.13. The first kappa shape index (κ1) is 16.1. The number of ketones is 1. The van der Waals surface area contributed by atoms with Crippen molar-refractivity contribution in [1.29, 1.82) is 0 Å². The summed E-state index contributed by atoms with van der Waals surface area (Å²) in [5.74, 6) is 0.464. The summed E-state index contributed by atoms with van der Waals surface area (Å²) < 4.78 is -0.556. The average Bonchev–Trinajstić information content (AvgIpc) is 2.21. The van der Waals surface area contributed by atoms with Gasteiger partial charge in [0, 0.05) is 14.5 Å².